The molecule has 0 aliphatic heterocycles. The average Bonchev–Trinajstić information content (AvgIpc) is 3.05. The highest BCUT2D eigenvalue weighted by Gasteiger charge is 2.10. The average molecular weight is 365 g/mol. The van der Waals surface area contributed by atoms with Crippen molar-refractivity contribution < 1.29 is 9.90 Å². The van der Waals surface area contributed by atoms with Crippen LogP contribution in [0, 0.1) is 0 Å². The Labute approximate surface area is 153 Å². The molecular formula is C19H13ClN4O2. The Balaban J connectivity index is 1.68. The molecule has 0 saturated carbocycles. The maximum absolute atomic E-state index is 10.9. The van der Waals surface area contributed by atoms with Crippen LogP contribution in [0.5, 0.6) is 0 Å². The van der Waals surface area contributed by atoms with E-state index in [0.717, 1.165) is 11.1 Å². The van der Waals surface area contributed by atoms with Gasteiger partial charge in [0.25, 0.3) is 0 Å². The maximum Gasteiger partial charge on any atom is 0.335 e. The minimum atomic E-state index is -0.963. The topological polar surface area (TPSA) is 79.5 Å². The number of hydrogen-bond donors (Lipinski definition) is 2. The molecule has 2 heterocycles. The highest BCUT2D eigenvalue weighted by molar-refractivity contribution is 6.30. The zero-order valence-corrected chi connectivity index (χ0v) is 14.2. The van der Waals surface area contributed by atoms with E-state index in [1.54, 1.807) is 16.6 Å². The number of carboxylic acid groups (broad SMARTS) is 1. The molecule has 0 radical (unpaired) electrons. The monoisotopic (exact) mass is 364 g/mol. The lowest BCUT2D eigenvalue weighted by atomic mass is 10.1. The summed E-state index contributed by atoms with van der Waals surface area (Å²) in [4.78, 5) is 15.5. The minimum absolute atomic E-state index is 0.225. The Kier molecular flexibility index (Phi) is 4.02. The number of benzene rings is 2. The summed E-state index contributed by atoms with van der Waals surface area (Å²) in [6.07, 6.45) is 1.82. The fraction of sp³-hybridized carbons (Fsp3) is 0. The van der Waals surface area contributed by atoms with Crippen molar-refractivity contribution in [3.05, 3.63) is 77.4 Å². The lowest BCUT2D eigenvalue weighted by Gasteiger charge is -2.02. The Morgan fingerprint density at radius 1 is 1.04 bits per heavy atom. The molecule has 0 bridgehead atoms. The van der Waals surface area contributed by atoms with Crippen molar-refractivity contribution in [2.24, 2.45) is 0 Å². The van der Waals surface area contributed by atoms with E-state index in [-0.39, 0.29) is 5.56 Å². The molecule has 2 aromatic carbocycles. The molecule has 4 rings (SSSR count). The molecule has 0 amide bonds. The van der Waals surface area contributed by atoms with Gasteiger partial charge in [0.2, 0.25) is 5.95 Å². The molecule has 0 saturated heterocycles. The molecule has 0 aliphatic rings. The molecular weight excluding hydrogens is 352 g/mol. The number of aromatic nitrogens is 3. The number of carbonyl (C=O) groups is 1. The van der Waals surface area contributed by atoms with Gasteiger partial charge in [-0.3, -0.25) is 0 Å². The standard InChI is InChI=1S/C19H13ClN4O2/c20-14-7-3-12(4-8-14)16-2-1-11-24-17(16)22-19(23-24)21-15-9-5-13(6-10-15)18(25)26/h1-11H,(H,21,23)(H,25,26). The molecule has 0 spiro atoms. The van der Waals surface area contributed by atoms with E-state index in [1.807, 2.05) is 42.6 Å². The zero-order chi connectivity index (χ0) is 18.1. The number of carboxylic acids is 1. The van der Waals surface area contributed by atoms with Gasteiger partial charge < -0.3 is 10.4 Å². The van der Waals surface area contributed by atoms with E-state index in [2.05, 4.69) is 15.4 Å². The first-order valence-corrected chi connectivity index (χ1v) is 8.20. The molecule has 2 N–H and O–H groups in total. The van der Waals surface area contributed by atoms with Gasteiger partial charge in [-0.2, -0.15) is 4.98 Å². The van der Waals surface area contributed by atoms with Crippen molar-refractivity contribution in [1.82, 2.24) is 14.6 Å². The van der Waals surface area contributed by atoms with Crippen molar-refractivity contribution in [2.75, 3.05) is 5.32 Å². The van der Waals surface area contributed by atoms with Gasteiger partial charge in [0.05, 0.1) is 5.56 Å². The van der Waals surface area contributed by atoms with E-state index in [1.165, 1.54) is 12.1 Å². The molecule has 0 unspecified atom stereocenters. The molecule has 128 valence electrons. The zero-order valence-electron chi connectivity index (χ0n) is 13.4. The van der Waals surface area contributed by atoms with Crippen LogP contribution in [-0.2, 0) is 0 Å². The maximum atomic E-state index is 10.9. The fourth-order valence-electron chi connectivity index (χ4n) is 2.64. The fourth-order valence-corrected chi connectivity index (χ4v) is 2.77. The van der Waals surface area contributed by atoms with E-state index in [0.29, 0.717) is 22.3 Å². The van der Waals surface area contributed by atoms with Crippen molar-refractivity contribution in [3.63, 3.8) is 0 Å². The van der Waals surface area contributed by atoms with E-state index in [9.17, 15) is 4.79 Å². The number of anilines is 2. The summed E-state index contributed by atoms with van der Waals surface area (Å²) in [5.74, 6) is -0.538. The van der Waals surface area contributed by atoms with Crippen LogP contribution in [0.1, 0.15) is 10.4 Å². The van der Waals surface area contributed by atoms with Gasteiger partial charge in [0, 0.05) is 22.5 Å². The summed E-state index contributed by atoms with van der Waals surface area (Å²) in [5, 5.41) is 17.1. The number of pyridine rings is 1. The van der Waals surface area contributed by atoms with Crippen molar-refractivity contribution in [1.29, 1.82) is 0 Å². The van der Waals surface area contributed by atoms with Gasteiger partial charge in [-0.25, -0.2) is 9.31 Å². The summed E-state index contributed by atoms with van der Waals surface area (Å²) in [5.41, 5.74) is 3.57. The Morgan fingerprint density at radius 2 is 1.77 bits per heavy atom. The normalized spacial score (nSPS) is 10.8. The third-order valence-corrected chi connectivity index (χ3v) is 4.16. The Hall–Kier alpha value is -3.38. The quantitative estimate of drug-likeness (QED) is 0.557. The number of halogens is 1. The smallest absolute Gasteiger partial charge is 0.335 e. The molecule has 7 heteroatoms. The van der Waals surface area contributed by atoms with Gasteiger partial charge in [-0.15, -0.1) is 5.10 Å². The predicted octanol–water partition coefficient (Wildman–Crippen LogP) is 4.49. The summed E-state index contributed by atoms with van der Waals surface area (Å²) >= 11 is 5.96. The summed E-state index contributed by atoms with van der Waals surface area (Å²) in [6, 6.07) is 17.8. The van der Waals surface area contributed by atoms with Crippen molar-refractivity contribution in [2.45, 2.75) is 0 Å². The second kappa shape index (κ2) is 6.50. The third-order valence-electron chi connectivity index (χ3n) is 3.91. The van der Waals surface area contributed by atoms with Gasteiger partial charge in [0.15, 0.2) is 5.65 Å². The molecule has 2 aromatic heterocycles. The van der Waals surface area contributed by atoms with Crippen LogP contribution in [0.3, 0.4) is 0 Å². The van der Waals surface area contributed by atoms with Crippen LogP contribution in [0.25, 0.3) is 16.8 Å². The van der Waals surface area contributed by atoms with Gasteiger partial charge in [-0.1, -0.05) is 23.7 Å². The van der Waals surface area contributed by atoms with Gasteiger partial charge in [0.1, 0.15) is 0 Å². The first-order chi connectivity index (χ1) is 12.6. The van der Waals surface area contributed by atoms with Crippen LogP contribution in [-0.4, -0.2) is 25.7 Å². The third kappa shape index (κ3) is 3.10. The first-order valence-electron chi connectivity index (χ1n) is 7.82. The van der Waals surface area contributed by atoms with Crippen LogP contribution in [0.2, 0.25) is 5.02 Å². The molecule has 0 aliphatic carbocycles. The number of fused-ring (bicyclic) bond motifs is 1. The van der Waals surface area contributed by atoms with Crippen LogP contribution >= 0.6 is 11.6 Å². The summed E-state index contributed by atoms with van der Waals surface area (Å²) < 4.78 is 1.69. The summed E-state index contributed by atoms with van der Waals surface area (Å²) in [7, 11) is 0. The Bertz CT molecular complexity index is 1090. The van der Waals surface area contributed by atoms with E-state index >= 15 is 0 Å². The molecule has 26 heavy (non-hydrogen) atoms. The molecule has 0 fully saturated rings. The number of aromatic carboxylic acids is 1. The molecule has 4 aromatic rings. The number of rotatable bonds is 4. The lowest BCUT2D eigenvalue weighted by Crippen LogP contribution is -1.97. The van der Waals surface area contributed by atoms with Crippen LogP contribution in [0.4, 0.5) is 11.6 Å². The first kappa shape index (κ1) is 16.1. The number of hydrogen-bond acceptors (Lipinski definition) is 4. The second-order valence-corrected chi connectivity index (χ2v) is 6.08. The SMILES string of the molecule is O=C(O)c1ccc(Nc2nc3c(-c4ccc(Cl)cc4)cccn3n2)cc1. The van der Waals surface area contributed by atoms with E-state index in [4.69, 9.17) is 16.7 Å². The number of nitrogens with zero attached hydrogens (tertiary/aromatic N) is 3. The highest BCUT2D eigenvalue weighted by Crippen LogP contribution is 2.26. The van der Waals surface area contributed by atoms with Crippen LogP contribution < -0.4 is 5.32 Å². The van der Waals surface area contributed by atoms with Crippen LogP contribution in [0.15, 0.2) is 66.9 Å². The van der Waals surface area contributed by atoms with Gasteiger partial charge >= 0.3 is 5.97 Å². The highest BCUT2D eigenvalue weighted by atomic mass is 35.5. The number of nitrogens with one attached hydrogen (secondary N) is 1. The lowest BCUT2D eigenvalue weighted by molar-refractivity contribution is 0.0697. The van der Waals surface area contributed by atoms with Gasteiger partial charge in [-0.05, 0) is 54.1 Å². The van der Waals surface area contributed by atoms with Crippen molar-refractivity contribution >= 4 is 34.9 Å². The van der Waals surface area contributed by atoms with Crippen molar-refractivity contribution in [3.8, 4) is 11.1 Å². The second-order valence-electron chi connectivity index (χ2n) is 5.64. The predicted molar refractivity (Wildman–Crippen MR) is 100 cm³/mol. The largest absolute Gasteiger partial charge is 0.478 e. The molecule has 6 nitrogen and oxygen atoms in total. The van der Waals surface area contributed by atoms with E-state index < -0.39 is 5.97 Å². The molecule has 0 atom stereocenters. The summed E-state index contributed by atoms with van der Waals surface area (Å²) in [6.45, 7) is 0. The Morgan fingerprint density at radius 3 is 2.46 bits per heavy atom. The minimum Gasteiger partial charge on any atom is -0.478 e.